The van der Waals surface area contributed by atoms with Crippen molar-refractivity contribution in [2.24, 2.45) is 0 Å². The van der Waals surface area contributed by atoms with Crippen LogP contribution in [-0.4, -0.2) is 46.1 Å². The molecule has 1 aliphatic heterocycles. The number of hydrogen-bond donors (Lipinski definition) is 0. The average Bonchev–Trinajstić information content (AvgIpc) is 3.70. The molecule has 0 spiro atoms. The number of thiophene rings is 1. The highest BCUT2D eigenvalue weighted by Crippen LogP contribution is 2.31. The third-order valence-electron chi connectivity index (χ3n) is 6.03. The van der Waals surface area contributed by atoms with Gasteiger partial charge in [-0.25, -0.2) is 0 Å². The fraction of sp³-hybridized carbons (Fsp3) is 0.138. The van der Waals surface area contributed by atoms with Crippen LogP contribution in [0.4, 0.5) is 5.69 Å². The molecule has 0 fully saturated rings. The lowest BCUT2D eigenvalue weighted by Crippen LogP contribution is -2.32. The maximum atomic E-state index is 12.4. The molecule has 1 aliphatic rings. The Hall–Kier alpha value is -4.54. The molecule has 11 heteroatoms. The minimum absolute atomic E-state index is 0.120. The summed E-state index contributed by atoms with van der Waals surface area (Å²) in [5.41, 5.74) is 2.20. The zero-order valence-electron chi connectivity index (χ0n) is 21.3. The minimum atomic E-state index is -0.592. The largest absolute Gasteiger partial charge is 0.493 e. The second kappa shape index (κ2) is 12.1. The summed E-state index contributed by atoms with van der Waals surface area (Å²) in [6.07, 6.45) is 8.24. The van der Waals surface area contributed by atoms with Crippen LogP contribution in [-0.2, 0) is 22.7 Å². The van der Waals surface area contributed by atoms with E-state index < -0.39 is 11.7 Å². The van der Waals surface area contributed by atoms with E-state index in [0.717, 1.165) is 10.4 Å². The number of aromatic nitrogens is 3. The monoisotopic (exact) mass is 574 g/mol. The van der Waals surface area contributed by atoms with Crippen LogP contribution < -0.4 is 14.4 Å². The van der Waals surface area contributed by atoms with Crippen LogP contribution in [0.25, 0.3) is 12.2 Å². The van der Waals surface area contributed by atoms with Gasteiger partial charge in [0.25, 0.3) is 11.7 Å². The second-order valence-corrected chi connectivity index (χ2v) is 10.1. The predicted molar refractivity (Wildman–Crippen MR) is 153 cm³/mol. The van der Waals surface area contributed by atoms with E-state index in [1.165, 1.54) is 30.2 Å². The molecule has 0 bridgehead atoms. The number of rotatable bonds is 11. The quantitative estimate of drug-likeness (QED) is 0.181. The van der Waals surface area contributed by atoms with Crippen molar-refractivity contribution in [3.63, 3.8) is 0 Å². The lowest BCUT2D eigenvalue weighted by Gasteiger charge is -2.16. The van der Waals surface area contributed by atoms with Gasteiger partial charge >= 0.3 is 0 Å². The Morgan fingerprint density at radius 3 is 2.70 bits per heavy atom. The third kappa shape index (κ3) is 6.19. The summed E-state index contributed by atoms with van der Waals surface area (Å²) < 4.78 is 12.9. The first-order valence-electron chi connectivity index (χ1n) is 12.2. The fourth-order valence-electron chi connectivity index (χ4n) is 4.05. The van der Waals surface area contributed by atoms with Crippen molar-refractivity contribution in [1.82, 2.24) is 15.0 Å². The maximum Gasteiger partial charge on any atom is 0.299 e. The molecule has 0 saturated carbocycles. The van der Waals surface area contributed by atoms with Gasteiger partial charge in [0.2, 0.25) is 0 Å². The first kappa shape index (κ1) is 27.0. The summed E-state index contributed by atoms with van der Waals surface area (Å²) in [6.45, 7) is 0.720. The maximum absolute atomic E-state index is 12.4. The topological polar surface area (TPSA) is 104 Å². The predicted octanol–water partition coefficient (Wildman–Crippen LogP) is 5.11. The van der Waals surface area contributed by atoms with Gasteiger partial charge in [0, 0.05) is 16.4 Å². The number of allylic oxidation sites excluding steroid dienone is 2. The van der Waals surface area contributed by atoms with Gasteiger partial charge < -0.3 is 14.4 Å². The Kier molecular flexibility index (Phi) is 8.18. The van der Waals surface area contributed by atoms with Crippen molar-refractivity contribution >= 4 is 58.3 Å². The smallest absolute Gasteiger partial charge is 0.299 e. The summed E-state index contributed by atoms with van der Waals surface area (Å²) in [4.78, 5) is 39.3. The van der Waals surface area contributed by atoms with Crippen molar-refractivity contribution in [2.75, 3.05) is 18.6 Å². The normalized spacial score (nSPS) is 13.0. The van der Waals surface area contributed by atoms with Gasteiger partial charge in [-0.15, -0.1) is 16.4 Å². The zero-order chi connectivity index (χ0) is 28.1. The molecule has 0 saturated heterocycles. The molecule has 5 rings (SSSR count). The highest BCUT2D eigenvalue weighted by atomic mass is 35.5. The minimum Gasteiger partial charge on any atom is -0.493 e. The summed E-state index contributed by atoms with van der Waals surface area (Å²) in [5.74, 6) is -0.268. The van der Waals surface area contributed by atoms with Gasteiger partial charge in [-0.2, -0.15) is 0 Å². The fourth-order valence-corrected chi connectivity index (χ4v) is 4.84. The van der Waals surface area contributed by atoms with Crippen LogP contribution in [0.1, 0.15) is 26.5 Å². The van der Waals surface area contributed by atoms with Gasteiger partial charge in [0.15, 0.2) is 17.3 Å². The number of halogens is 1. The molecule has 9 nitrogen and oxygen atoms in total. The SMILES string of the molecule is COc1cc(/C=C/C(=O)/C=C/c2cccs2)ccc1OCc1cn(CCN2C(=O)C(=O)c3cc(Cl)ccc32)nn1. The van der Waals surface area contributed by atoms with Crippen LogP contribution in [0, 0.1) is 0 Å². The first-order valence-corrected chi connectivity index (χ1v) is 13.5. The Morgan fingerprint density at radius 1 is 1.05 bits per heavy atom. The van der Waals surface area contributed by atoms with E-state index >= 15 is 0 Å². The highest BCUT2D eigenvalue weighted by Gasteiger charge is 2.35. The number of carbonyl (C=O) groups excluding carboxylic acids is 3. The van der Waals surface area contributed by atoms with Crippen molar-refractivity contribution in [1.29, 1.82) is 0 Å². The molecule has 0 unspecified atom stereocenters. The van der Waals surface area contributed by atoms with Crippen LogP contribution in [0.3, 0.4) is 0 Å². The van der Waals surface area contributed by atoms with Gasteiger partial charge in [0.1, 0.15) is 12.3 Å². The number of ether oxygens (including phenoxy) is 2. The molecule has 4 aromatic rings. The van der Waals surface area contributed by atoms with Crippen LogP contribution in [0.5, 0.6) is 11.5 Å². The molecule has 3 heterocycles. The lowest BCUT2D eigenvalue weighted by molar-refractivity contribution is -0.114. The standard InChI is InChI=1S/C29H23ClN4O5S/c1-38-27-15-19(4-7-22(35)8-9-23-3-2-14-40-23)5-11-26(27)39-18-21-17-33(32-31-21)12-13-34-25-10-6-20(30)16-24(25)28(36)29(34)37/h2-11,14-17H,12-13,18H2,1H3/b7-4+,9-8+. The summed E-state index contributed by atoms with van der Waals surface area (Å²) in [5, 5.41) is 10.6. The van der Waals surface area contributed by atoms with Gasteiger partial charge in [-0.05, 0) is 65.6 Å². The Bertz CT molecular complexity index is 1630. The average molecular weight is 575 g/mol. The molecule has 0 N–H and O–H groups in total. The molecule has 0 atom stereocenters. The third-order valence-corrected chi connectivity index (χ3v) is 7.10. The number of carbonyl (C=O) groups is 3. The molecule has 2 aromatic carbocycles. The summed E-state index contributed by atoms with van der Waals surface area (Å²) in [7, 11) is 1.54. The molecule has 1 amide bonds. The Balaban J connectivity index is 1.16. The molecular weight excluding hydrogens is 552 g/mol. The first-order chi connectivity index (χ1) is 19.4. The number of Topliss-reactive ketones (excluding diaryl/α,β-unsaturated/α-hetero) is 1. The summed E-state index contributed by atoms with van der Waals surface area (Å²) in [6, 6.07) is 14.0. The lowest BCUT2D eigenvalue weighted by atomic mass is 10.1. The Labute approximate surface area is 238 Å². The number of methoxy groups -OCH3 is 1. The Morgan fingerprint density at radius 2 is 1.90 bits per heavy atom. The van der Waals surface area contributed by atoms with Crippen LogP contribution >= 0.6 is 22.9 Å². The van der Waals surface area contributed by atoms with Gasteiger partial charge in [-0.3, -0.25) is 19.1 Å². The highest BCUT2D eigenvalue weighted by molar-refractivity contribution is 7.10. The molecule has 2 aromatic heterocycles. The van der Waals surface area contributed by atoms with Crippen molar-refractivity contribution in [3.05, 3.63) is 99.0 Å². The van der Waals surface area contributed by atoms with Gasteiger partial charge in [-0.1, -0.05) is 35.0 Å². The van der Waals surface area contributed by atoms with E-state index in [-0.39, 0.29) is 18.9 Å². The number of hydrogen-bond acceptors (Lipinski definition) is 8. The number of nitrogens with zero attached hydrogens (tertiary/aromatic N) is 4. The molecule has 0 aliphatic carbocycles. The van der Waals surface area contributed by atoms with Crippen molar-refractivity contribution in [2.45, 2.75) is 13.2 Å². The van der Waals surface area contributed by atoms with Crippen LogP contribution in [0.2, 0.25) is 5.02 Å². The van der Waals surface area contributed by atoms with E-state index in [1.54, 1.807) is 58.6 Å². The van der Waals surface area contributed by atoms with Crippen LogP contribution in [0.15, 0.2) is 72.3 Å². The number of benzene rings is 2. The zero-order valence-corrected chi connectivity index (χ0v) is 22.9. The number of ketones is 2. The molecule has 202 valence electrons. The van der Waals surface area contributed by atoms with E-state index in [4.69, 9.17) is 21.1 Å². The molecule has 40 heavy (non-hydrogen) atoms. The number of amides is 1. The van der Waals surface area contributed by atoms with E-state index in [9.17, 15) is 14.4 Å². The van der Waals surface area contributed by atoms with Crippen molar-refractivity contribution in [3.8, 4) is 11.5 Å². The molecular formula is C29H23ClN4O5S. The number of anilines is 1. The van der Waals surface area contributed by atoms with E-state index in [0.29, 0.717) is 40.0 Å². The van der Waals surface area contributed by atoms with E-state index in [2.05, 4.69) is 10.3 Å². The van der Waals surface area contributed by atoms with Gasteiger partial charge in [0.05, 0.1) is 31.1 Å². The van der Waals surface area contributed by atoms with Crippen molar-refractivity contribution < 1.29 is 23.9 Å². The second-order valence-electron chi connectivity index (χ2n) is 8.70. The molecule has 0 radical (unpaired) electrons. The van der Waals surface area contributed by atoms with E-state index in [1.807, 2.05) is 23.6 Å². The summed E-state index contributed by atoms with van der Waals surface area (Å²) >= 11 is 7.53. The number of fused-ring (bicyclic) bond motifs is 1.